The van der Waals surface area contributed by atoms with Crippen LogP contribution in [0.3, 0.4) is 0 Å². The highest BCUT2D eigenvalue weighted by Crippen LogP contribution is 2.47. The average molecular weight is 510 g/mol. The van der Waals surface area contributed by atoms with Crippen molar-refractivity contribution < 1.29 is 59.5 Å². The third kappa shape index (κ3) is 5.05. The van der Waals surface area contributed by atoms with Crippen molar-refractivity contribution in [2.45, 2.75) is 54.8 Å². The van der Waals surface area contributed by atoms with Crippen LogP contribution in [0.1, 0.15) is 5.56 Å². The van der Waals surface area contributed by atoms with Crippen LogP contribution < -0.4 is 0 Å². The van der Waals surface area contributed by atoms with Crippen molar-refractivity contribution in [2.24, 2.45) is 11.8 Å². The standard InChI is InChI=1S/C24H30O12/c25-10-14-18(28)19(29)20(30)23(35-14)36-22-16-13(8-9-33-22)17(27)21(31)24(16,32)11-34-15(26)7-6-12-4-2-1-3-5-12/h1-9,13-14,16-23,25,27-32H,10-11H2/t13-,14-,16-,17+,18-,19+,20-,21+,22+,23+,24+/m1/s1. The van der Waals surface area contributed by atoms with Gasteiger partial charge in [0.15, 0.2) is 6.29 Å². The number of rotatable bonds is 7. The van der Waals surface area contributed by atoms with Crippen molar-refractivity contribution in [3.05, 3.63) is 54.3 Å². The number of benzene rings is 1. The van der Waals surface area contributed by atoms with Crippen molar-refractivity contribution in [2.75, 3.05) is 13.2 Å². The molecule has 1 aliphatic carbocycles. The number of hydrogen-bond acceptors (Lipinski definition) is 12. The molecular formula is C24H30O12. The first kappa shape index (κ1) is 26.7. The first-order valence-electron chi connectivity index (χ1n) is 11.4. The molecule has 11 atom stereocenters. The third-order valence-electron chi connectivity index (χ3n) is 6.80. The fourth-order valence-corrected chi connectivity index (χ4v) is 4.77. The molecule has 1 aromatic carbocycles. The lowest BCUT2D eigenvalue weighted by Gasteiger charge is -2.44. The van der Waals surface area contributed by atoms with Crippen molar-refractivity contribution in [1.29, 1.82) is 0 Å². The highest BCUT2D eigenvalue weighted by Gasteiger charge is 2.64. The Kier molecular flexibility index (Phi) is 8.09. The molecule has 12 nitrogen and oxygen atoms in total. The van der Waals surface area contributed by atoms with Gasteiger partial charge in [0.1, 0.15) is 42.7 Å². The topological polar surface area (TPSA) is 196 Å². The number of aliphatic hydroxyl groups is 7. The normalized spacial score (nSPS) is 42.2. The van der Waals surface area contributed by atoms with Gasteiger partial charge in [-0.1, -0.05) is 30.3 Å². The number of ether oxygens (including phenoxy) is 4. The lowest BCUT2D eigenvalue weighted by atomic mass is 9.83. The van der Waals surface area contributed by atoms with Crippen LogP contribution in [0.25, 0.3) is 6.08 Å². The molecule has 198 valence electrons. The van der Waals surface area contributed by atoms with E-state index in [-0.39, 0.29) is 0 Å². The van der Waals surface area contributed by atoms with Gasteiger partial charge in [-0.05, 0) is 17.7 Å². The van der Waals surface area contributed by atoms with Crippen molar-refractivity contribution >= 4 is 12.0 Å². The van der Waals surface area contributed by atoms with Crippen LogP contribution in [0, 0.1) is 11.8 Å². The zero-order valence-electron chi connectivity index (χ0n) is 19.1. The van der Waals surface area contributed by atoms with E-state index in [4.69, 9.17) is 18.9 Å². The van der Waals surface area contributed by atoms with Gasteiger partial charge in [0.05, 0.1) is 24.9 Å². The summed E-state index contributed by atoms with van der Waals surface area (Å²) in [6.45, 7) is -1.41. The summed E-state index contributed by atoms with van der Waals surface area (Å²) in [6.07, 6.45) is -7.38. The zero-order chi connectivity index (χ0) is 26.0. The number of hydrogen-bond donors (Lipinski definition) is 7. The summed E-state index contributed by atoms with van der Waals surface area (Å²) >= 11 is 0. The Morgan fingerprint density at radius 2 is 1.72 bits per heavy atom. The van der Waals surface area contributed by atoms with Crippen LogP contribution in [0.5, 0.6) is 0 Å². The molecule has 12 heteroatoms. The Labute approximate surface area is 206 Å². The molecule has 4 rings (SSSR count). The smallest absolute Gasteiger partial charge is 0.330 e. The van der Waals surface area contributed by atoms with Crippen LogP contribution >= 0.6 is 0 Å². The molecule has 36 heavy (non-hydrogen) atoms. The molecule has 3 aliphatic rings. The molecule has 2 heterocycles. The largest absolute Gasteiger partial charge is 0.472 e. The second-order valence-electron chi connectivity index (χ2n) is 9.05. The number of fused-ring (bicyclic) bond motifs is 1. The van der Waals surface area contributed by atoms with Crippen molar-refractivity contribution in [1.82, 2.24) is 0 Å². The van der Waals surface area contributed by atoms with Crippen molar-refractivity contribution in [3.63, 3.8) is 0 Å². The summed E-state index contributed by atoms with van der Waals surface area (Å²) in [5, 5.41) is 72.3. The van der Waals surface area contributed by atoms with E-state index in [1.165, 1.54) is 18.4 Å². The highest BCUT2D eigenvalue weighted by molar-refractivity contribution is 5.87. The molecule has 7 N–H and O–H groups in total. The number of carbonyl (C=O) groups excluding carboxylic acids is 1. The van der Waals surface area contributed by atoms with Crippen LogP contribution in [0.15, 0.2) is 48.7 Å². The van der Waals surface area contributed by atoms with E-state index in [2.05, 4.69) is 0 Å². The molecule has 1 aromatic rings. The minimum atomic E-state index is -2.23. The van der Waals surface area contributed by atoms with Crippen LogP contribution in [0.2, 0.25) is 0 Å². The summed E-state index contributed by atoms with van der Waals surface area (Å²) in [5.74, 6) is -2.91. The van der Waals surface area contributed by atoms with E-state index >= 15 is 0 Å². The Morgan fingerprint density at radius 3 is 2.42 bits per heavy atom. The van der Waals surface area contributed by atoms with Gasteiger partial charge in [0, 0.05) is 12.0 Å². The van der Waals surface area contributed by atoms with E-state index < -0.39 is 85.8 Å². The summed E-state index contributed by atoms with van der Waals surface area (Å²) in [4.78, 5) is 12.3. The molecule has 0 unspecified atom stereocenters. The Morgan fingerprint density at radius 1 is 1.00 bits per heavy atom. The van der Waals surface area contributed by atoms with Gasteiger partial charge in [-0.3, -0.25) is 0 Å². The Bertz CT molecular complexity index is 952. The maximum Gasteiger partial charge on any atom is 0.330 e. The molecule has 2 fully saturated rings. The first-order chi connectivity index (χ1) is 17.2. The molecule has 0 bridgehead atoms. The van der Waals surface area contributed by atoms with Gasteiger partial charge >= 0.3 is 5.97 Å². The molecule has 0 aromatic heterocycles. The molecule has 1 saturated carbocycles. The monoisotopic (exact) mass is 510 g/mol. The number of carbonyl (C=O) groups is 1. The molecule has 0 radical (unpaired) electrons. The van der Waals surface area contributed by atoms with E-state index in [1.54, 1.807) is 24.3 Å². The van der Waals surface area contributed by atoms with Crippen LogP contribution in [-0.4, -0.2) is 110 Å². The summed E-state index contributed by atoms with van der Waals surface area (Å²) in [7, 11) is 0. The van der Waals surface area contributed by atoms with Crippen LogP contribution in [-0.2, 0) is 23.7 Å². The third-order valence-corrected chi connectivity index (χ3v) is 6.80. The zero-order valence-corrected chi connectivity index (χ0v) is 19.1. The maximum atomic E-state index is 12.3. The predicted molar refractivity (Wildman–Crippen MR) is 119 cm³/mol. The van der Waals surface area contributed by atoms with Crippen molar-refractivity contribution in [3.8, 4) is 0 Å². The Balaban J connectivity index is 1.49. The predicted octanol–water partition coefficient (Wildman–Crippen LogP) is -2.37. The van der Waals surface area contributed by atoms with E-state index in [1.807, 2.05) is 6.07 Å². The van der Waals surface area contributed by atoms with Crippen LogP contribution in [0.4, 0.5) is 0 Å². The average Bonchev–Trinajstić information content (AvgIpc) is 3.09. The molecule has 0 amide bonds. The Hall–Kier alpha value is -2.39. The lowest BCUT2D eigenvalue weighted by Crippen LogP contribution is -2.61. The highest BCUT2D eigenvalue weighted by atomic mass is 16.8. The van der Waals surface area contributed by atoms with Gasteiger partial charge in [-0.15, -0.1) is 0 Å². The second kappa shape index (κ2) is 10.9. The van der Waals surface area contributed by atoms with E-state index in [0.717, 1.165) is 11.6 Å². The number of esters is 1. The quantitative estimate of drug-likeness (QED) is 0.152. The van der Waals surface area contributed by atoms with E-state index in [0.29, 0.717) is 0 Å². The minimum absolute atomic E-state index is 0.684. The van der Waals surface area contributed by atoms with E-state index in [9.17, 15) is 40.5 Å². The van der Waals surface area contributed by atoms with Gasteiger partial charge in [-0.2, -0.15) is 0 Å². The van der Waals surface area contributed by atoms with Gasteiger partial charge in [-0.25, -0.2) is 4.79 Å². The lowest BCUT2D eigenvalue weighted by molar-refractivity contribution is -0.348. The fourth-order valence-electron chi connectivity index (χ4n) is 4.77. The SMILES string of the molecule is O=C(C=Cc1ccccc1)OC[C@]1(O)[C@H]2[C@H](O[C@@H]3O[C@H](CO)[C@@H](O)[C@H](O)[C@H]3O)OC=C[C@H]2[C@H](O)[C@@H]1O. The van der Waals surface area contributed by atoms with Gasteiger partial charge in [0.25, 0.3) is 0 Å². The molecule has 1 saturated heterocycles. The van der Waals surface area contributed by atoms with Gasteiger partial charge in [0.2, 0.25) is 6.29 Å². The van der Waals surface area contributed by atoms with Gasteiger partial charge < -0.3 is 54.7 Å². The minimum Gasteiger partial charge on any atom is -0.472 e. The first-order valence-corrected chi connectivity index (χ1v) is 11.4. The molecular weight excluding hydrogens is 480 g/mol. The summed E-state index contributed by atoms with van der Waals surface area (Å²) < 4.78 is 21.6. The second-order valence-corrected chi connectivity index (χ2v) is 9.05. The maximum absolute atomic E-state index is 12.3. The fraction of sp³-hybridized carbons (Fsp3) is 0.542. The molecule has 2 aliphatic heterocycles. The summed E-state index contributed by atoms with van der Waals surface area (Å²) in [6, 6.07) is 8.93. The summed E-state index contributed by atoms with van der Waals surface area (Å²) in [5.41, 5.74) is -1.49. The number of aliphatic hydroxyl groups excluding tert-OH is 6. The molecule has 0 spiro atoms.